The van der Waals surface area contributed by atoms with Crippen molar-refractivity contribution >= 4 is 5.91 Å². The van der Waals surface area contributed by atoms with Gasteiger partial charge < -0.3 is 30.1 Å². The molecule has 2 aliphatic rings. The van der Waals surface area contributed by atoms with Crippen molar-refractivity contribution in [2.75, 3.05) is 53.0 Å². The molecule has 1 amide bonds. The highest BCUT2D eigenvalue weighted by molar-refractivity contribution is 5.98. The number of nitrogens with zero attached hydrogens (tertiary/aromatic N) is 1. The molecule has 1 saturated heterocycles. The number of aliphatic hydroxyl groups is 1. The molecule has 162 valence electrons. The van der Waals surface area contributed by atoms with Crippen molar-refractivity contribution in [2.24, 2.45) is 5.92 Å². The van der Waals surface area contributed by atoms with Crippen LogP contribution in [-0.2, 0) is 0 Å². The van der Waals surface area contributed by atoms with Crippen LogP contribution in [0.5, 0.6) is 11.5 Å². The summed E-state index contributed by atoms with van der Waals surface area (Å²) in [5.74, 6) is 1.11. The summed E-state index contributed by atoms with van der Waals surface area (Å²) in [5.41, 5.74) is 1.47. The number of rotatable bonds is 8. The van der Waals surface area contributed by atoms with E-state index in [9.17, 15) is 9.90 Å². The van der Waals surface area contributed by atoms with E-state index >= 15 is 0 Å². The van der Waals surface area contributed by atoms with Crippen LogP contribution < -0.4 is 20.1 Å². The second-order valence-corrected chi connectivity index (χ2v) is 8.08. The van der Waals surface area contributed by atoms with E-state index in [1.165, 1.54) is 0 Å². The van der Waals surface area contributed by atoms with Gasteiger partial charge in [-0.1, -0.05) is 6.07 Å². The second kappa shape index (κ2) is 10.8. The van der Waals surface area contributed by atoms with E-state index in [1.54, 1.807) is 6.07 Å². The largest absolute Gasteiger partial charge is 0.489 e. The standard InChI is InChI=1S/C22H35N3O4/c1-16-6-7-18(21-20(16)28-12-5-13-29-21)22(27)24-14-17-8-11-25(15-19(17)26)10-4-3-9-23-2/h6-7,17,19,23,26H,3-5,8-15H2,1-2H3,(H,24,27)/t17-,19+/m0/s1. The zero-order valence-electron chi connectivity index (χ0n) is 17.7. The molecule has 1 aromatic rings. The van der Waals surface area contributed by atoms with Crippen molar-refractivity contribution in [3.8, 4) is 11.5 Å². The fraction of sp³-hybridized carbons (Fsp3) is 0.682. The molecule has 0 aromatic heterocycles. The lowest BCUT2D eigenvalue weighted by atomic mass is 9.93. The zero-order valence-corrected chi connectivity index (χ0v) is 17.7. The lowest BCUT2D eigenvalue weighted by Gasteiger charge is -2.36. The number of hydrogen-bond acceptors (Lipinski definition) is 6. The minimum absolute atomic E-state index is 0.0775. The molecule has 2 atom stereocenters. The fourth-order valence-electron chi connectivity index (χ4n) is 4.01. The number of ether oxygens (including phenoxy) is 2. The number of aliphatic hydroxyl groups excluding tert-OH is 1. The molecule has 0 radical (unpaired) electrons. The minimum Gasteiger partial charge on any atom is -0.489 e. The third-order valence-corrected chi connectivity index (χ3v) is 5.82. The van der Waals surface area contributed by atoms with E-state index in [0.717, 1.165) is 50.9 Å². The third-order valence-electron chi connectivity index (χ3n) is 5.82. The van der Waals surface area contributed by atoms with Crippen molar-refractivity contribution in [3.63, 3.8) is 0 Å². The first-order valence-corrected chi connectivity index (χ1v) is 10.8. The number of nitrogens with one attached hydrogen (secondary N) is 2. The molecule has 2 aliphatic heterocycles. The first-order chi connectivity index (χ1) is 14.1. The van der Waals surface area contributed by atoms with Crippen LogP contribution in [0, 0.1) is 12.8 Å². The van der Waals surface area contributed by atoms with Gasteiger partial charge in [0.1, 0.15) is 0 Å². The molecule has 2 heterocycles. The van der Waals surface area contributed by atoms with E-state index in [1.807, 2.05) is 20.0 Å². The normalized spacial score (nSPS) is 22.2. The molecule has 29 heavy (non-hydrogen) atoms. The number of piperidine rings is 1. The second-order valence-electron chi connectivity index (χ2n) is 8.08. The van der Waals surface area contributed by atoms with E-state index in [0.29, 0.717) is 43.4 Å². The summed E-state index contributed by atoms with van der Waals surface area (Å²) in [7, 11) is 1.97. The van der Waals surface area contributed by atoms with Crippen LogP contribution in [-0.4, -0.2) is 75.0 Å². The molecule has 1 aromatic carbocycles. The maximum absolute atomic E-state index is 12.8. The maximum atomic E-state index is 12.8. The number of β-amino-alcohol motifs (C(OH)–C–C–N with tert-alkyl or cyclic N) is 1. The van der Waals surface area contributed by atoms with Gasteiger partial charge in [-0.2, -0.15) is 0 Å². The molecule has 3 rings (SSSR count). The Morgan fingerprint density at radius 3 is 2.79 bits per heavy atom. The maximum Gasteiger partial charge on any atom is 0.255 e. The predicted octanol–water partition coefficient (Wildman–Crippen LogP) is 1.57. The molecule has 7 nitrogen and oxygen atoms in total. The van der Waals surface area contributed by atoms with Crippen LogP contribution in [0.4, 0.5) is 0 Å². The van der Waals surface area contributed by atoms with Crippen LogP contribution in [0.15, 0.2) is 12.1 Å². The van der Waals surface area contributed by atoms with E-state index in [-0.39, 0.29) is 11.8 Å². The number of benzene rings is 1. The molecule has 0 saturated carbocycles. The summed E-state index contributed by atoms with van der Waals surface area (Å²) in [6.45, 7) is 7.26. The number of carbonyl (C=O) groups excluding carboxylic acids is 1. The number of aryl methyl sites for hydroxylation is 1. The van der Waals surface area contributed by atoms with Gasteiger partial charge >= 0.3 is 0 Å². The summed E-state index contributed by atoms with van der Waals surface area (Å²) < 4.78 is 11.6. The number of carbonyl (C=O) groups is 1. The molecule has 7 heteroatoms. The lowest BCUT2D eigenvalue weighted by Crippen LogP contribution is -2.47. The minimum atomic E-state index is -0.414. The molecule has 0 aliphatic carbocycles. The zero-order chi connectivity index (χ0) is 20.6. The Balaban J connectivity index is 1.51. The van der Waals surface area contributed by atoms with Crippen molar-refractivity contribution in [2.45, 2.75) is 38.7 Å². The van der Waals surface area contributed by atoms with E-state index in [4.69, 9.17) is 9.47 Å². The summed E-state index contributed by atoms with van der Waals surface area (Å²) in [6, 6.07) is 3.69. The quantitative estimate of drug-likeness (QED) is 0.570. The number of unbranched alkanes of at least 4 members (excludes halogenated alkanes) is 1. The number of fused-ring (bicyclic) bond motifs is 1. The summed E-state index contributed by atoms with van der Waals surface area (Å²) in [4.78, 5) is 15.1. The number of likely N-dealkylation sites (tertiary alicyclic amines) is 1. The highest BCUT2D eigenvalue weighted by atomic mass is 16.5. The van der Waals surface area contributed by atoms with E-state index in [2.05, 4.69) is 15.5 Å². The first-order valence-electron chi connectivity index (χ1n) is 10.8. The topological polar surface area (TPSA) is 83.1 Å². The Morgan fingerprint density at radius 2 is 2.03 bits per heavy atom. The summed E-state index contributed by atoms with van der Waals surface area (Å²) >= 11 is 0. The van der Waals surface area contributed by atoms with Gasteiger partial charge in [-0.15, -0.1) is 0 Å². The van der Waals surface area contributed by atoms with Gasteiger partial charge in [-0.3, -0.25) is 4.79 Å². The Morgan fingerprint density at radius 1 is 1.24 bits per heavy atom. The molecule has 0 bridgehead atoms. The Labute approximate surface area is 173 Å². The average Bonchev–Trinajstić information content (AvgIpc) is 2.97. The van der Waals surface area contributed by atoms with Gasteiger partial charge in [-0.25, -0.2) is 0 Å². The van der Waals surface area contributed by atoms with Crippen LogP contribution in [0.25, 0.3) is 0 Å². The van der Waals surface area contributed by atoms with Crippen LogP contribution in [0.1, 0.15) is 41.6 Å². The van der Waals surface area contributed by atoms with Crippen molar-refractivity contribution < 1.29 is 19.4 Å². The van der Waals surface area contributed by atoms with Gasteiger partial charge in [0.2, 0.25) is 0 Å². The highest BCUT2D eigenvalue weighted by Crippen LogP contribution is 2.36. The van der Waals surface area contributed by atoms with Crippen molar-refractivity contribution in [1.82, 2.24) is 15.5 Å². The van der Waals surface area contributed by atoms with Crippen LogP contribution in [0.3, 0.4) is 0 Å². The molecule has 3 N–H and O–H groups in total. The SMILES string of the molecule is CNCCCCN1CC[C@@H](CNC(=O)c2ccc(C)c3c2OCCCO3)[C@H](O)C1. The molecular weight excluding hydrogens is 370 g/mol. The van der Waals surface area contributed by atoms with Crippen LogP contribution >= 0.6 is 0 Å². The lowest BCUT2D eigenvalue weighted by molar-refractivity contribution is 0.0216. The average molecular weight is 406 g/mol. The molecular formula is C22H35N3O4. The molecule has 0 spiro atoms. The summed E-state index contributed by atoms with van der Waals surface area (Å²) in [5, 5.41) is 16.7. The fourth-order valence-corrected chi connectivity index (χ4v) is 4.01. The number of amides is 1. The first kappa shape index (κ1) is 21.9. The van der Waals surface area contributed by atoms with Crippen molar-refractivity contribution in [3.05, 3.63) is 23.3 Å². The Kier molecular flexibility index (Phi) is 8.15. The van der Waals surface area contributed by atoms with Gasteiger partial charge in [0.05, 0.1) is 24.9 Å². The summed E-state index contributed by atoms with van der Waals surface area (Å²) in [6.07, 6.45) is 3.56. The highest BCUT2D eigenvalue weighted by Gasteiger charge is 2.28. The predicted molar refractivity (Wildman–Crippen MR) is 113 cm³/mol. The van der Waals surface area contributed by atoms with Gasteiger partial charge in [0.25, 0.3) is 5.91 Å². The molecule has 1 fully saturated rings. The monoisotopic (exact) mass is 405 g/mol. The van der Waals surface area contributed by atoms with Crippen LogP contribution in [0.2, 0.25) is 0 Å². The Hall–Kier alpha value is -1.83. The van der Waals surface area contributed by atoms with Gasteiger partial charge in [0, 0.05) is 25.4 Å². The number of hydrogen-bond donors (Lipinski definition) is 3. The Bertz CT molecular complexity index is 682. The smallest absolute Gasteiger partial charge is 0.255 e. The third kappa shape index (κ3) is 5.84. The van der Waals surface area contributed by atoms with Gasteiger partial charge in [0.15, 0.2) is 11.5 Å². The van der Waals surface area contributed by atoms with E-state index < -0.39 is 6.10 Å². The van der Waals surface area contributed by atoms with Gasteiger partial charge in [-0.05, 0) is 64.5 Å². The van der Waals surface area contributed by atoms with Crippen molar-refractivity contribution in [1.29, 1.82) is 0 Å². The molecule has 0 unspecified atom stereocenters.